The van der Waals surface area contributed by atoms with E-state index in [-0.39, 0.29) is 23.8 Å². The Morgan fingerprint density at radius 2 is 2.16 bits per heavy atom. The van der Waals surface area contributed by atoms with Crippen LogP contribution in [0, 0.1) is 5.92 Å². The molecule has 0 saturated carbocycles. The van der Waals surface area contributed by atoms with Gasteiger partial charge in [-0.15, -0.1) is 0 Å². The van der Waals surface area contributed by atoms with Gasteiger partial charge in [0.15, 0.2) is 0 Å². The van der Waals surface area contributed by atoms with Gasteiger partial charge in [-0.2, -0.15) is 0 Å². The molecule has 0 aromatic heterocycles. The lowest BCUT2D eigenvalue weighted by atomic mass is 9.95. The summed E-state index contributed by atoms with van der Waals surface area (Å²) in [5, 5.41) is 0. The van der Waals surface area contributed by atoms with Crippen LogP contribution in [-0.2, 0) is 14.3 Å². The summed E-state index contributed by atoms with van der Waals surface area (Å²) in [5.41, 5.74) is 5.70. The highest BCUT2D eigenvalue weighted by atomic mass is 16.5. The van der Waals surface area contributed by atoms with Crippen molar-refractivity contribution in [3.8, 4) is 0 Å². The molecule has 2 atom stereocenters. The Morgan fingerprint density at radius 1 is 1.42 bits per heavy atom. The van der Waals surface area contributed by atoms with Gasteiger partial charge in [0.05, 0.1) is 19.4 Å². The van der Waals surface area contributed by atoms with Gasteiger partial charge in [-0.05, 0) is 25.7 Å². The molecular formula is C14H26N2O3. The molecule has 1 heterocycles. The lowest BCUT2D eigenvalue weighted by molar-refractivity contribution is -0.146. The molecule has 1 aliphatic heterocycles. The van der Waals surface area contributed by atoms with E-state index in [0.717, 1.165) is 38.6 Å². The fraction of sp³-hybridized carbons (Fsp3) is 0.857. The number of piperidine rings is 1. The van der Waals surface area contributed by atoms with Crippen molar-refractivity contribution in [2.75, 3.05) is 20.2 Å². The van der Waals surface area contributed by atoms with Crippen LogP contribution in [0.5, 0.6) is 0 Å². The van der Waals surface area contributed by atoms with Gasteiger partial charge >= 0.3 is 5.97 Å². The monoisotopic (exact) mass is 270 g/mol. The molecule has 1 amide bonds. The van der Waals surface area contributed by atoms with Gasteiger partial charge in [0, 0.05) is 19.1 Å². The SMILES string of the molecule is CCCC(CN)C(=O)N1CCCCC1CC(=O)OC. The van der Waals surface area contributed by atoms with Crippen LogP contribution in [0.4, 0.5) is 0 Å². The molecule has 1 rings (SSSR count). The second-order valence-electron chi connectivity index (χ2n) is 5.18. The summed E-state index contributed by atoms with van der Waals surface area (Å²) in [5.74, 6) is -0.245. The highest BCUT2D eigenvalue weighted by Crippen LogP contribution is 2.23. The maximum atomic E-state index is 12.5. The first kappa shape index (κ1) is 16.0. The Labute approximate surface area is 115 Å². The third kappa shape index (κ3) is 4.49. The number of nitrogens with two attached hydrogens (primary N) is 1. The number of rotatable bonds is 6. The maximum absolute atomic E-state index is 12.5. The van der Waals surface area contributed by atoms with Crippen molar-refractivity contribution in [2.24, 2.45) is 11.7 Å². The van der Waals surface area contributed by atoms with E-state index in [2.05, 4.69) is 6.92 Å². The van der Waals surface area contributed by atoms with Crippen molar-refractivity contribution in [2.45, 2.75) is 51.5 Å². The Hall–Kier alpha value is -1.10. The second-order valence-corrected chi connectivity index (χ2v) is 5.18. The Balaban J connectivity index is 2.69. The zero-order chi connectivity index (χ0) is 14.3. The van der Waals surface area contributed by atoms with Crippen LogP contribution in [0.25, 0.3) is 0 Å². The first-order chi connectivity index (χ1) is 9.13. The van der Waals surface area contributed by atoms with E-state index in [4.69, 9.17) is 10.5 Å². The molecule has 1 aliphatic rings. The normalized spacial score (nSPS) is 21.0. The summed E-state index contributed by atoms with van der Waals surface area (Å²) < 4.78 is 4.71. The zero-order valence-electron chi connectivity index (χ0n) is 12.1. The van der Waals surface area contributed by atoms with E-state index in [0.29, 0.717) is 13.0 Å². The van der Waals surface area contributed by atoms with E-state index in [1.54, 1.807) is 0 Å². The van der Waals surface area contributed by atoms with E-state index in [9.17, 15) is 9.59 Å². The molecule has 0 spiro atoms. The topological polar surface area (TPSA) is 72.6 Å². The predicted molar refractivity (Wildman–Crippen MR) is 73.4 cm³/mol. The van der Waals surface area contributed by atoms with Crippen LogP contribution in [0.3, 0.4) is 0 Å². The summed E-state index contributed by atoms with van der Waals surface area (Å²) >= 11 is 0. The van der Waals surface area contributed by atoms with Crippen LogP contribution in [0.1, 0.15) is 45.4 Å². The van der Waals surface area contributed by atoms with Crippen molar-refractivity contribution >= 4 is 11.9 Å². The fourth-order valence-corrected chi connectivity index (χ4v) is 2.70. The molecule has 0 aliphatic carbocycles. The predicted octanol–water partition coefficient (Wildman–Crippen LogP) is 1.31. The van der Waals surface area contributed by atoms with Crippen molar-refractivity contribution in [3.63, 3.8) is 0 Å². The van der Waals surface area contributed by atoms with Crippen LogP contribution < -0.4 is 5.73 Å². The highest BCUT2D eigenvalue weighted by molar-refractivity contribution is 5.80. The van der Waals surface area contributed by atoms with Gasteiger partial charge in [0.1, 0.15) is 0 Å². The molecule has 5 nitrogen and oxygen atoms in total. The summed E-state index contributed by atoms with van der Waals surface area (Å²) in [6.07, 6.45) is 5.01. The van der Waals surface area contributed by atoms with Gasteiger partial charge in [0.25, 0.3) is 0 Å². The average Bonchev–Trinajstić information content (AvgIpc) is 2.44. The summed E-state index contributed by atoms with van der Waals surface area (Å²) in [6.45, 7) is 3.17. The number of amides is 1. The molecule has 19 heavy (non-hydrogen) atoms. The van der Waals surface area contributed by atoms with E-state index in [1.165, 1.54) is 7.11 Å². The first-order valence-electron chi connectivity index (χ1n) is 7.21. The Bertz CT molecular complexity index is 307. The fourth-order valence-electron chi connectivity index (χ4n) is 2.70. The average molecular weight is 270 g/mol. The quantitative estimate of drug-likeness (QED) is 0.738. The number of hydrogen-bond acceptors (Lipinski definition) is 4. The third-order valence-corrected chi connectivity index (χ3v) is 3.81. The van der Waals surface area contributed by atoms with Gasteiger partial charge in [-0.1, -0.05) is 13.3 Å². The smallest absolute Gasteiger partial charge is 0.307 e. The van der Waals surface area contributed by atoms with Crippen molar-refractivity contribution in [1.82, 2.24) is 4.90 Å². The minimum Gasteiger partial charge on any atom is -0.469 e. The molecule has 2 N–H and O–H groups in total. The number of methoxy groups -OCH3 is 1. The number of hydrogen-bond donors (Lipinski definition) is 1. The molecule has 1 saturated heterocycles. The van der Waals surface area contributed by atoms with E-state index >= 15 is 0 Å². The second kappa shape index (κ2) is 8.15. The maximum Gasteiger partial charge on any atom is 0.307 e. The summed E-state index contributed by atoms with van der Waals surface area (Å²) in [4.78, 5) is 25.8. The van der Waals surface area contributed by atoms with Crippen LogP contribution in [-0.4, -0.2) is 43.0 Å². The van der Waals surface area contributed by atoms with Crippen molar-refractivity contribution < 1.29 is 14.3 Å². The minimum atomic E-state index is -0.246. The van der Waals surface area contributed by atoms with Crippen molar-refractivity contribution in [3.05, 3.63) is 0 Å². The number of carbonyl (C=O) groups is 2. The third-order valence-electron chi connectivity index (χ3n) is 3.81. The lowest BCUT2D eigenvalue weighted by Gasteiger charge is -2.37. The largest absolute Gasteiger partial charge is 0.469 e. The highest BCUT2D eigenvalue weighted by Gasteiger charge is 2.31. The van der Waals surface area contributed by atoms with Crippen molar-refractivity contribution in [1.29, 1.82) is 0 Å². The molecule has 0 radical (unpaired) electrons. The Morgan fingerprint density at radius 3 is 2.74 bits per heavy atom. The van der Waals surface area contributed by atoms with Crippen LogP contribution in [0.2, 0.25) is 0 Å². The van der Waals surface area contributed by atoms with E-state index < -0.39 is 0 Å². The lowest BCUT2D eigenvalue weighted by Crippen LogP contribution is -2.48. The number of carbonyl (C=O) groups excluding carboxylic acids is 2. The molecule has 0 aromatic rings. The van der Waals surface area contributed by atoms with Crippen LogP contribution >= 0.6 is 0 Å². The molecule has 5 heteroatoms. The summed E-state index contributed by atoms with van der Waals surface area (Å²) in [6, 6.07) is -0.0143. The van der Waals surface area contributed by atoms with Gasteiger partial charge < -0.3 is 15.4 Å². The van der Waals surface area contributed by atoms with Gasteiger partial charge in [-0.3, -0.25) is 9.59 Å². The molecule has 0 bridgehead atoms. The molecule has 110 valence electrons. The van der Waals surface area contributed by atoms with Gasteiger partial charge in [-0.25, -0.2) is 0 Å². The molecular weight excluding hydrogens is 244 g/mol. The number of ether oxygens (including phenoxy) is 1. The van der Waals surface area contributed by atoms with Crippen LogP contribution in [0.15, 0.2) is 0 Å². The minimum absolute atomic E-state index is 0.0143. The molecule has 0 aromatic carbocycles. The Kier molecular flexibility index (Phi) is 6.84. The number of nitrogens with zero attached hydrogens (tertiary/aromatic N) is 1. The molecule has 2 unspecified atom stereocenters. The van der Waals surface area contributed by atoms with Gasteiger partial charge in [0.2, 0.25) is 5.91 Å². The summed E-state index contributed by atoms with van der Waals surface area (Å²) in [7, 11) is 1.39. The number of esters is 1. The standard InChI is InChI=1S/C14H26N2O3/c1-3-6-11(10-15)14(18)16-8-5-4-7-12(16)9-13(17)19-2/h11-12H,3-10,15H2,1-2H3. The molecule has 1 fully saturated rings. The van der Waals surface area contributed by atoms with E-state index in [1.807, 2.05) is 4.90 Å². The number of likely N-dealkylation sites (tertiary alicyclic amines) is 1. The first-order valence-corrected chi connectivity index (χ1v) is 7.21. The zero-order valence-corrected chi connectivity index (χ0v) is 12.1.